The summed E-state index contributed by atoms with van der Waals surface area (Å²) >= 11 is 5.30. The Balaban J connectivity index is 1.70. The molecule has 2 N–H and O–H groups in total. The molecule has 2 aromatic rings. The van der Waals surface area contributed by atoms with E-state index >= 15 is 0 Å². The minimum atomic E-state index is -4.41. The highest BCUT2D eigenvalue weighted by Gasteiger charge is 2.30. The van der Waals surface area contributed by atoms with Gasteiger partial charge in [0.2, 0.25) is 5.96 Å². The molecule has 1 aliphatic rings. The Kier molecular flexibility index (Phi) is 4.79. The second-order valence-electron chi connectivity index (χ2n) is 5.08. The van der Waals surface area contributed by atoms with E-state index in [4.69, 9.17) is 12.2 Å². The number of aliphatic imine (C=N–C) groups is 1. The Bertz CT molecular complexity index is 793. The number of aromatic nitrogens is 2. The second kappa shape index (κ2) is 7.01. The van der Waals surface area contributed by atoms with Crippen molar-refractivity contribution in [2.75, 3.05) is 23.7 Å². The molecule has 0 atom stereocenters. The number of hydrogen-bond acceptors (Lipinski definition) is 5. The molecular weight excluding hydrogens is 353 g/mol. The van der Waals surface area contributed by atoms with Gasteiger partial charge >= 0.3 is 6.18 Å². The van der Waals surface area contributed by atoms with E-state index in [-0.39, 0.29) is 10.8 Å². The van der Waals surface area contributed by atoms with Crippen LogP contribution in [0, 0.1) is 0 Å². The summed E-state index contributed by atoms with van der Waals surface area (Å²) in [4.78, 5) is 14.0. The largest absolute Gasteiger partial charge is 0.416 e. The second-order valence-corrected chi connectivity index (χ2v) is 5.47. The lowest BCUT2D eigenvalue weighted by atomic mass is 10.2. The number of alkyl halides is 3. The van der Waals surface area contributed by atoms with Gasteiger partial charge in [-0.15, -0.1) is 0 Å². The molecule has 0 saturated heterocycles. The number of anilines is 2. The third kappa shape index (κ3) is 4.21. The van der Waals surface area contributed by atoms with E-state index < -0.39 is 11.7 Å². The summed E-state index contributed by atoms with van der Waals surface area (Å²) < 4.78 is 38.4. The van der Waals surface area contributed by atoms with Crippen molar-refractivity contribution in [2.24, 2.45) is 4.99 Å². The molecule has 2 heterocycles. The number of nitrogens with one attached hydrogen (secondary N) is 2. The van der Waals surface area contributed by atoms with Crippen molar-refractivity contribution in [3.8, 4) is 0 Å². The Morgan fingerprint density at radius 2 is 2.08 bits per heavy atom. The minimum Gasteiger partial charge on any atom is -0.332 e. The summed E-state index contributed by atoms with van der Waals surface area (Å²) in [7, 11) is 0. The quantitative estimate of drug-likeness (QED) is 0.797. The summed E-state index contributed by atoms with van der Waals surface area (Å²) in [6.07, 6.45) is 0.191. The molecule has 0 amide bonds. The maximum atomic E-state index is 12.8. The molecule has 130 valence electrons. The van der Waals surface area contributed by atoms with Crippen LogP contribution in [0.4, 0.5) is 24.7 Å². The average Bonchev–Trinajstić information content (AvgIpc) is 3.03. The molecule has 0 saturated carbocycles. The van der Waals surface area contributed by atoms with Crippen LogP contribution in [0.1, 0.15) is 5.56 Å². The van der Waals surface area contributed by atoms with Crippen molar-refractivity contribution in [3.63, 3.8) is 0 Å². The Labute approximate surface area is 146 Å². The molecule has 6 nitrogen and oxygen atoms in total. The van der Waals surface area contributed by atoms with E-state index in [1.807, 2.05) is 0 Å². The summed E-state index contributed by atoms with van der Waals surface area (Å²) in [5.41, 5.74) is -0.487. The summed E-state index contributed by atoms with van der Waals surface area (Å²) in [6, 6.07) is 4.86. The molecule has 0 bridgehead atoms. The van der Waals surface area contributed by atoms with Crippen LogP contribution in [0.3, 0.4) is 0 Å². The first-order valence-corrected chi connectivity index (χ1v) is 7.67. The van der Waals surface area contributed by atoms with Crippen molar-refractivity contribution < 1.29 is 13.2 Å². The van der Waals surface area contributed by atoms with Crippen LogP contribution in [-0.4, -0.2) is 39.0 Å². The number of benzene rings is 1. The van der Waals surface area contributed by atoms with Crippen LogP contribution < -0.4 is 10.6 Å². The van der Waals surface area contributed by atoms with Gasteiger partial charge in [-0.05, 0) is 30.4 Å². The third-order valence-corrected chi connectivity index (χ3v) is 3.65. The third-order valence-electron chi connectivity index (χ3n) is 3.33. The van der Waals surface area contributed by atoms with Gasteiger partial charge in [-0.2, -0.15) is 13.2 Å². The molecule has 1 aliphatic heterocycles. The normalized spacial score (nSPS) is 14.2. The van der Waals surface area contributed by atoms with Crippen molar-refractivity contribution in [1.82, 2.24) is 14.9 Å². The molecule has 0 fully saturated rings. The Morgan fingerprint density at radius 1 is 1.24 bits per heavy atom. The van der Waals surface area contributed by atoms with E-state index in [2.05, 4.69) is 25.6 Å². The predicted molar refractivity (Wildman–Crippen MR) is 92.3 cm³/mol. The molecule has 3 rings (SSSR count). The van der Waals surface area contributed by atoms with Gasteiger partial charge in [-0.25, -0.2) is 4.98 Å². The van der Waals surface area contributed by atoms with Gasteiger partial charge in [0.05, 0.1) is 18.3 Å². The Hall–Kier alpha value is -2.75. The summed E-state index contributed by atoms with van der Waals surface area (Å²) in [5, 5.41) is 6.04. The molecule has 0 unspecified atom stereocenters. The fourth-order valence-electron chi connectivity index (χ4n) is 2.19. The molecule has 0 spiro atoms. The molecule has 1 aromatic carbocycles. The molecule has 1 aromatic heterocycles. The van der Waals surface area contributed by atoms with E-state index in [0.717, 1.165) is 12.1 Å². The molecule has 25 heavy (non-hydrogen) atoms. The molecule has 0 radical (unpaired) electrons. The van der Waals surface area contributed by atoms with Crippen LogP contribution in [0.15, 0.2) is 47.8 Å². The fraction of sp³-hybridized carbons (Fsp3) is 0.200. The minimum absolute atomic E-state index is 0.243. The van der Waals surface area contributed by atoms with Crippen LogP contribution in [0.25, 0.3) is 0 Å². The number of halogens is 3. The SMILES string of the molecule is FC(F)(F)c1cccc(NC(=S)N2CCN=C2Nc2cnccn2)c1. The van der Waals surface area contributed by atoms with E-state index in [1.165, 1.54) is 24.5 Å². The van der Waals surface area contributed by atoms with Crippen LogP contribution in [0.5, 0.6) is 0 Å². The van der Waals surface area contributed by atoms with Gasteiger partial charge in [0.1, 0.15) is 0 Å². The highest BCUT2D eigenvalue weighted by molar-refractivity contribution is 7.80. The number of nitrogens with zero attached hydrogens (tertiary/aromatic N) is 4. The van der Waals surface area contributed by atoms with E-state index in [9.17, 15) is 13.2 Å². The van der Waals surface area contributed by atoms with Gasteiger partial charge in [0, 0.05) is 24.6 Å². The maximum Gasteiger partial charge on any atom is 0.416 e. The summed E-state index contributed by atoms with van der Waals surface area (Å²) in [6.45, 7) is 1.01. The van der Waals surface area contributed by atoms with Crippen LogP contribution in [-0.2, 0) is 6.18 Å². The monoisotopic (exact) mass is 366 g/mol. The van der Waals surface area contributed by atoms with Crippen molar-refractivity contribution >= 4 is 34.8 Å². The van der Waals surface area contributed by atoms with E-state index in [1.54, 1.807) is 11.1 Å². The van der Waals surface area contributed by atoms with Crippen molar-refractivity contribution in [1.29, 1.82) is 0 Å². The van der Waals surface area contributed by atoms with Gasteiger partial charge in [0.25, 0.3) is 0 Å². The van der Waals surface area contributed by atoms with Crippen LogP contribution >= 0.6 is 12.2 Å². The zero-order valence-electron chi connectivity index (χ0n) is 12.8. The van der Waals surface area contributed by atoms with Crippen molar-refractivity contribution in [3.05, 3.63) is 48.4 Å². The smallest absolute Gasteiger partial charge is 0.332 e. The lowest BCUT2D eigenvalue weighted by Crippen LogP contribution is -2.41. The molecular formula is C15H13F3N6S. The predicted octanol–water partition coefficient (Wildman–Crippen LogP) is 2.98. The van der Waals surface area contributed by atoms with Gasteiger partial charge in [0.15, 0.2) is 10.9 Å². The maximum absolute atomic E-state index is 12.8. The highest BCUT2D eigenvalue weighted by Crippen LogP contribution is 2.30. The number of hydrogen-bond donors (Lipinski definition) is 2. The van der Waals surface area contributed by atoms with Crippen LogP contribution in [0.2, 0.25) is 0 Å². The number of guanidine groups is 1. The fourth-order valence-corrected chi connectivity index (χ4v) is 2.49. The molecule has 0 aliphatic carbocycles. The van der Waals surface area contributed by atoms with Gasteiger partial charge < -0.3 is 10.6 Å². The lowest BCUT2D eigenvalue weighted by molar-refractivity contribution is -0.137. The lowest BCUT2D eigenvalue weighted by Gasteiger charge is -2.22. The zero-order chi connectivity index (χ0) is 17.9. The van der Waals surface area contributed by atoms with Gasteiger partial charge in [-0.1, -0.05) is 6.07 Å². The molecule has 10 heteroatoms. The number of rotatable bonds is 2. The highest BCUT2D eigenvalue weighted by atomic mass is 32.1. The summed E-state index contributed by atoms with van der Waals surface area (Å²) in [5.74, 6) is 0.958. The first-order valence-electron chi connectivity index (χ1n) is 7.27. The first-order chi connectivity index (χ1) is 11.9. The average molecular weight is 366 g/mol. The van der Waals surface area contributed by atoms with Crippen molar-refractivity contribution in [2.45, 2.75) is 6.18 Å². The first kappa shape index (κ1) is 17.1. The zero-order valence-corrected chi connectivity index (χ0v) is 13.6. The van der Waals surface area contributed by atoms with E-state index in [0.29, 0.717) is 24.9 Å². The standard InChI is InChI=1S/C15H13F3N6S/c16-15(17,18)10-2-1-3-11(8-10)22-14(25)24-7-6-21-13(24)23-12-9-19-4-5-20-12/h1-5,8-9H,6-7H2,(H,22,25)(H,20,21,23). The topological polar surface area (TPSA) is 65.4 Å². The Morgan fingerprint density at radius 3 is 2.80 bits per heavy atom. The van der Waals surface area contributed by atoms with Gasteiger partial charge in [-0.3, -0.25) is 14.9 Å². The number of thiocarbonyl (C=S) groups is 1.